The van der Waals surface area contributed by atoms with Gasteiger partial charge >= 0.3 is 0 Å². The molecule has 3 heterocycles. The highest BCUT2D eigenvalue weighted by molar-refractivity contribution is 5.50. The van der Waals surface area contributed by atoms with Gasteiger partial charge in [0.25, 0.3) is 0 Å². The Kier molecular flexibility index (Phi) is 3.59. The van der Waals surface area contributed by atoms with Gasteiger partial charge < -0.3 is 9.80 Å². The summed E-state index contributed by atoms with van der Waals surface area (Å²) in [5.41, 5.74) is 2.32. The van der Waals surface area contributed by atoms with Crippen molar-refractivity contribution in [3.63, 3.8) is 0 Å². The summed E-state index contributed by atoms with van der Waals surface area (Å²) in [6, 6.07) is 1.85. The van der Waals surface area contributed by atoms with Crippen LogP contribution in [0.15, 0.2) is 18.5 Å². The molecule has 0 N–H and O–H groups in total. The average Bonchev–Trinajstić information content (AvgIpc) is 3.43. The predicted octanol–water partition coefficient (Wildman–Crippen LogP) is 2.09. The van der Waals surface area contributed by atoms with Gasteiger partial charge in [-0.3, -0.25) is 0 Å². The van der Waals surface area contributed by atoms with Crippen LogP contribution < -0.4 is 9.80 Å². The van der Waals surface area contributed by atoms with Crippen molar-refractivity contribution in [3.05, 3.63) is 35.5 Å². The molecule has 0 spiro atoms. The molecule has 120 valence electrons. The zero-order valence-corrected chi connectivity index (χ0v) is 13.7. The van der Waals surface area contributed by atoms with Crippen LogP contribution in [0.1, 0.15) is 35.8 Å². The predicted molar refractivity (Wildman–Crippen MR) is 89.9 cm³/mol. The number of rotatable bonds is 3. The second-order valence-electron chi connectivity index (χ2n) is 6.41. The van der Waals surface area contributed by atoms with E-state index in [1.807, 2.05) is 6.07 Å². The number of piperazine rings is 1. The molecule has 1 aliphatic heterocycles. The van der Waals surface area contributed by atoms with E-state index >= 15 is 0 Å². The number of anilines is 2. The van der Waals surface area contributed by atoms with Crippen molar-refractivity contribution in [2.75, 3.05) is 36.0 Å². The summed E-state index contributed by atoms with van der Waals surface area (Å²) in [6.45, 7) is 7.96. The van der Waals surface area contributed by atoms with Gasteiger partial charge in [0.05, 0.1) is 0 Å². The van der Waals surface area contributed by atoms with Crippen LogP contribution in [0.5, 0.6) is 0 Å². The van der Waals surface area contributed by atoms with Crippen LogP contribution in [0, 0.1) is 13.8 Å². The third-order valence-electron chi connectivity index (χ3n) is 4.74. The molecule has 0 radical (unpaired) electrons. The number of nitrogens with zero attached hydrogens (tertiary/aromatic N) is 6. The molecule has 0 bridgehead atoms. The summed E-state index contributed by atoms with van der Waals surface area (Å²) in [7, 11) is 0. The minimum Gasteiger partial charge on any atom is -0.353 e. The van der Waals surface area contributed by atoms with E-state index in [0.717, 1.165) is 49.5 Å². The Morgan fingerprint density at radius 2 is 1.57 bits per heavy atom. The normalized spacial score (nSPS) is 18.3. The molecule has 4 rings (SSSR count). The number of hydrogen-bond donors (Lipinski definition) is 0. The van der Waals surface area contributed by atoms with Crippen molar-refractivity contribution in [3.8, 4) is 0 Å². The first kappa shape index (κ1) is 14.4. The third kappa shape index (κ3) is 2.85. The molecular weight excluding hydrogens is 288 g/mol. The summed E-state index contributed by atoms with van der Waals surface area (Å²) >= 11 is 0. The van der Waals surface area contributed by atoms with Gasteiger partial charge in [-0.2, -0.15) is 0 Å². The second kappa shape index (κ2) is 5.76. The van der Waals surface area contributed by atoms with Crippen LogP contribution in [-0.2, 0) is 0 Å². The average molecular weight is 310 g/mol. The first-order valence-corrected chi connectivity index (χ1v) is 8.34. The third-order valence-corrected chi connectivity index (χ3v) is 4.74. The molecule has 6 heteroatoms. The highest BCUT2D eigenvalue weighted by atomic mass is 15.3. The lowest BCUT2D eigenvalue weighted by molar-refractivity contribution is 0.630. The highest BCUT2D eigenvalue weighted by Crippen LogP contribution is 2.39. The van der Waals surface area contributed by atoms with Crippen molar-refractivity contribution >= 4 is 11.8 Å². The standard InChI is InChI=1S/C17H22N6/c1-12-13(2)20-15(14-4-5-14)21-16(12)22-8-10-23(11-9-22)17-18-6-3-7-19-17/h3,6-7,14H,4-5,8-11H2,1-2H3. The van der Waals surface area contributed by atoms with Crippen molar-refractivity contribution in [1.82, 2.24) is 19.9 Å². The Hall–Kier alpha value is -2.24. The van der Waals surface area contributed by atoms with Gasteiger partial charge in [-0.05, 0) is 32.8 Å². The van der Waals surface area contributed by atoms with Crippen molar-refractivity contribution in [1.29, 1.82) is 0 Å². The van der Waals surface area contributed by atoms with Crippen molar-refractivity contribution < 1.29 is 0 Å². The molecular formula is C17H22N6. The van der Waals surface area contributed by atoms with E-state index in [4.69, 9.17) is 4.98 Å². The largest absolute Gasteiger partial charge is 0.353 e. The van der Waals surface area contributed by atoms with Crippen LogP contribution in [0.25, 0.3) is 0 Å². The summed E-state index contributed by atoms with van der Waals surface area (Å²) in [5, 5.41) is 0. The Morgan fingerprint density at radius 1 is 0.913 bits per heavy atom. The van der Waals surface area contributed by atoms with Gasteiger partial charge in [0, 0.05) is 55.7 Å². The molecule has 1 saturated heterocycles. The molecule has 2 aromatic rings. The fourth-order valence-electron chi connectivity index (χ4n) is 3.04. The molecule has 0 atom stereocenters. The Bertz CT molecular complexity index is 690. The minimum atomic E-state index is 0.590. The molecule has 0 aromatic carbocycles. The van der Waals surface area contributed by atoms with Gasteiger partial charge in [-0.1, -0.05) is 0 Å². The van der Waals surface area contributed by atoms with E-state index in [9.17, 15) is 0 Å². The van der Waals surface area contributed by atoms with E-state index in [2.05, 4.69) is 38.6 Å². The van der Waals surface area contributed by atoms with E-state index in [0.29, 0.717) is 5.92 Å². The molecule has 6 nitrogen and oxygen atoms in total. The lowest BCUT2D eigenvalue weighted by Crippen LogP contribution is -2.47. The first-order chi connectivity index (χ1) is 11.2. The Morgan fingerprint density at radius 3 is 2.22 bits per heavy atom. The zero-order valence-electron chi connectivity index (χ0n) is 13.7. The summed E-state index contributed by atoms with van der Waals surface area (Å²) < 4.78 is 0. The number of aromatic nitrogens is 4. The summed E-state index contributed by atoms with van der Waals surface area (Å²) in [5.74, 6) is 3.57. The first-order valence-electron chi connectivity index (χ1n) is 8.34. The minimum absolute atomic E-state index is 0.590. The van der Waals surface area contributed by atoms with Gasteiger partial charge in [-0.15, -0.1) is 0 Å². The lowest BCUT2D eigenvalue weighted by Gasteiger charge is -2.36. The van der Waals surface area contributed by atoms with Crippen LogP contribution >= 0.6 is 0 Å². The molecule has 2 aromatic heterocycles. The van der Waals surface area contributed by atoms with E-state index in [1.54, 1.807) is 12.4 Å². The number of hydrogen-bond acceptors (Lipinski definition) is 6. The van der Waals surface area contributed by atoms with Crippen LogP contribution in [0.2, 0.25) is 0 Å². The SMILES string of the molecule is Cc1nc(C2CC2)nc(N2CCN(c3ncccn3)CC2)c1C. The molecule has 1 aliphatic carbocycles. The molecule has 2 aliphatic rings. The maximum absolute atomic E-state index is 4.88. The lowest BCUT2D eigenvalue weighted by atomic mass is 10.2. The zero-order chi connectivity index (χ0) is 15.8. The fourth-order valence-corrected chi connectivity index (χ4v) is 3.04. The van der Waals surface area contributed by atoms with Gasteiger partial charge in [0.15, 0.2) is 0 Å². The smallest absolute Gasteiger partial charge is 0.225 e. The quantitative estimate of drug-likeness (QED) is 0.865. The molecule has 0 unspecified atom stereocenters. The Balaban J connectivity index is 1.52. The van der Waals surface area contributed by atoms with Crippen LogP contribution in [0.3, 0.4) is 0 Å². The van der Waals surface area contributed by atoms with E-state index in [1.165, 1.54) is 18.4 Å². The van der Waals surface area contributed by atoms with Gasteiger partial charge in [-0.25, -0.2) is 19.9 Å². The van der Waals surface area contributed by atoms with E-state index < -0.39 is 0 Å². The maximum atomic E-state index is 4.88. The Labute approximate surface area is 136 Å². The van der Waals surface area contributed by atoms with Crippen molar-refractivity contribution in [2.24, 2.45) is 0 Å². The van der Waals surface area contributed by atoms with Crippen LogP contribution in [-0.4, -0.2) is 46.1 Å². The highest BCUT2D eigenvalue weighted by Gasteiger charge is 2.29. The summed E-state index contributed by atoms with van der Waals surface area (Å²) in [4.78, 5) is 22.9. The molecule has 0 amide bonds. The van der Waals surface area contributed by atoms with E-state index in [-0.39, 0.29) is 0 Å². The topological polar surface area (TPSA) is 58.0 Å². The van der Waals surface area contributed by atoms with Gasteiger partial charge in [0.2, 0.25) is 5.95 Å². The van der Waals surface area contributed by atoms with Gasteiger partial charge in [0.1, 0.15) is 11.6 Å². The molecule has 1 saturated carbocycles. The molecule has 23 heavy (non-hydrogen) atoms. The number of aryl methyl sites for hydroxylation is 1. The molecule has 2 fully saturated rings. The second-order valence-corrected chi connectivity index (χ2v) is 6.41. The fraction of sp³-hybridized carbons (Fsp3) is 0.529. The summed E-state index contributed by atoms with van der Waals surface area (Å²) in [6.07, 6.45) is 6.07. The van der Waals surface area contributed by atoms with Crippen LogP contribution in [0.4, 0.5) is 11.8 Å². The van der Waals surface area contributed by atoms with Crippen molar-refractivity contribution in [2.45, 2.75) is 32.6 Å². The monoisotopic (exact) mass is 310 g/mol. The maximum Gasteiger partial charge on any atom is 0.225 e.